The van der Waals surface area contributed by atoms with Gasteiger partial charge in [-0.15, -0.1) is 4.85 Å². The minimum absolute atomic E-state index is 0.424. The number of rotatable bonds is 0. The Kier molecular flexibility index (Phi) is 1.95. The molecule has 0 N–H and O–H groups in total. The minimum atomic E-state index is 0.424. The number of aromatic nitrogens is 2. The third-order valence-corrected chi connectivity index (χ3v) is 4.09. The molecular weight excluding hydrogens is 252 g/mol. The van der Waals surface area contributed by atoms with Crippen molar-refractivity contribution in [3.05, 3.63) is 57.8 Å². The molecule has 4 rings (SSSR count). The van der Waals surface area contributed by atoms with E-state index in [9.17, 15) is 10.1 Å². The van der Waals surface area contributed by atoms with Crippen LogP contribution in [-0.4, -0.2) is 4.85 Å². The van der Waals surface area contributed by atoms with Gasteiger partial charge < -0.3 is 5.21 Å². The Balaban J connectivity index is 2.54. The van der Waals surface area contributed by atoms with Gasteiger partial charge in [0, 0.05) is 16.8 Å². The molecule has 4 aromatic rings. The summed E-state index contributed by atoms with van der Waals surface area (Å²) in [7, 11) is 0. The molecule has 0 saturated heterocycles. The van der Waals surface area contributed by atoms with Crippen molar-refractivity contribution in [2.75, 3.05) is 0 Å². The lowest BCUT2D eigenvalue weighted by Crippen LogP contribution is -2.30. The highest BCUT2D eigenvalue weighted by Gasteiger charge is 2.20. The van der Waals surface area contributed by atoms with Crippen LogP contribution >= 0.6 is 0 Å². The maximum atomic E-state index is 12.1. The zero-order chi connectivity index (χ0) is 14.0. The molecule has 1 aromatic heterocycles. The standard InChI is InChI=1S/C16H12N2O2/c1-9-8-12-5-3-4-11-6-7-13-16(15(11)12)14(9)10(2)17(19)18(13)20/h3-8H,1-2H3. The van der Waals surface area contributed by atoms with E-state index in [-0.39, 0.29) is 0 Å². The smallest absolute Gasteiger partial charge is 0.300 e. The molecule has 0 unspecified atom stereocenters. The molecule has 4 nitrogen and oxygen atoms in total. The van der Waals surface area contributed by atoms with Gasteiger partial charge in [0.25, 0.3) is 0 Å². The van der Waals surface area contributed by atoms with E-state index in [1.54, 1.807) is 13.0 Å². The van der Waals surface area contributed by atoms with Gasteiger partial charge in [0.15, 0.2) is 4.54 Å². The fraction of sp³-hybridized carbons (Fsp3) is 0.125. The quantitative estimate of drug-likeness (QED) is 0.361. The minimum Gasteiger partial charge on any atom is -0.755 e. The number of hydrogen-bond donors (Lipinski definition) is 0. The van der Waals surface area contributed by atoms with Gasteiger partial charge in [-0.25, -0.2) is 0 Å². The first-order valence-corrected chi connectivity index (χ1v) is 6.49. The molecule has 0 amide bonds. The van der Waals surface area contributed by atoms with Crippen molar-refractivity contribution < 1.29 is 4.54 Å². The first-order valence-electron chi connectivity index (χ1n) is 6.49. The van der Waals surface area contributed by atoms with Gasteiger partial charge in [0.1, 0.15) is 0 Å². The van der Waals surface area contributed by atoms with Crippen LogP contribution in [0.25, 0.3) is 32.4 Å². The summed E-state index contributed by atoms with van der Waals surface area (Å²) < 4.78 is 0.434. The Morgan fingerprint density at radius 3 is 2.55 bits per heavy atom. The monoisotopic (exact) mass is 264 g/mol. The van der Waals surface area contributed by atoms with Crippen molar-refractivity contribution in [1.82, 2.24) is 4.85 Å². The van der Waals surface area contributed by atoms with Crippen LogP contribution < -0.4 is 4.54 Å². The zero-order valence-corrected chi connectivity index (χ0v) is 11.2. The van der Waals surface area contributed by atoms with Crippen molar-refractivity contribution in [1.29, 1.82) is 0 Å². The predicted octanol–water partition coefficient (Wildman–Crippen LogP) is 3.26. The van der Waals surface area contributed by atoms with Gasteiger partial charge in [-0.2, -0.15) is 0 Å². The summed E-state index contributed by atoms with van der Waals surface area (Å²) in [6.07, 6.45) is 0. The molecule has 0 radical (unpaired) electrons. The van der Waals surface area contributed by atoms with E-state index in [1.165, 1.54) is 0 Å². The topological polar surface area (TPSA) is 51.0 Å². The van der Waals surface area contributed by atoms with Crippen molar-refractivity contribution in [2.45, 2.75) is 13.8 Å². The molecule has 3 aromatic carbocycles. The molecule has 4 heteroatoms. The summed E-state index contributed by atoms with van der Waals surface area (Å²) in [4.78, 5) is 12.6. The highest BCUT2D eigenvalue weighted by molar-refractivity contribution is 6.22. The maximum absolute atomic E-state index is 12.1. The lowest BCUT2D eigenvalue weighted by molar-refractivity contribution is -0.560. The Morgan fingerprint density at radius 1 is 1.00 bits per heavy atom. The van der Waals surface area contributed by atoms with E-state index in [0.29, 0.717) is 20.6 Å². The Hall–Kier alpha value is -2.62. The molecule has 1 heterocycles. The molecule has 0 aliphatic rings. The van der Waals surface area contributed by atoms with Crippen molar-refractivity contribution in [3.8, 4) is 0 Å². The Labute approximate surface area is 114 Å². The van der Waals surface area contributed by atoms with Crippen LogP contribution in [0.15, 0.2) is 36.4 Å². The van der Waals surface area contributed by atoms with Crippen LogP contribution in [0.4, 0.5) is 0 Å². The molecule has 0 spiro atoms. The molecule has 0 aliphatic carbocycles. The summed E-state index contributed by atoms with van der Waals surface area (Å²) in [5.41, 5.74) is 1.89. The van der Waals surface area contributed by atoms with Gasteiger partial charge in [-0.1, -0.05) is 24.3 Å². The lowest BCUT2D eigenvalue weighted by Gasteiger charge is -2.14. The SMILES string of the molecule is Cc1cc2cccc3ccc4c(c1c(C)n([O-])[n+]4=O)c32. The van der Waals surface area contributed by atoms with Gasteiger partial charge in [0.2, 0.25) is 0 Å². The average molecular weight is 264 g/mol. The normalized spacial score (nSPS) is 11.9. The molecule has 98 valence electrons. The molecule has 0 bridgehead atoms. The number of aryl methyl sites for hydroxylation is 2. The highest BCUT2D eigenvalue weighted by Crippen LogP contribution is 2.35. The van der Waals surface area contributed by atoms with Crippen molar-refractivity contribution >= 4 is 32.4 Å². The molecule has 20 heavy (non-hydrogen) atoms. The van der Waals surface area contributed by atoms with Gasteiger partial charge in [0.05, 0.1) is 16.0 Å². The molecular formula is C16H12N2O2. The van der Waals surface area contributed by atoms with Gasteiger partial charge >= 0.3 is 5.52 Å². The van der Waals surface area contributed by atoms with Crippen LogP contribution in [0.1, 0.15) is 11.3 Å². The van der Waals surface area contributed by atoms with E-state index < -0.39 is 0 Å². The van der Waals surface area contributed by atoms with E-state index in [1.807, 2.05) is 31.2 Å². The molecule has 0 aliphatic heterocycles. The van der Waals surface area contributed by atoms with Crippen LogP contribution in [0.3, 0.4) is 0 Å². The Bertz CT molecular complexity index is 1050. The van der Waals surface area contributed by atoms with Gasteiger partial charge in [-0.05, 0) is 36.2 Å². The predicted molar refractivity (Wildman–Crippen MR) is 79.7 cm³/mol. The largest absolute Gasteiger partial charge is 0.755 e. The van der Waals surface area contributed by atoms with E-state index >= 15 is 0 Å². The lowest BCUT2D eigenvalue weighted by atomic mass is 9.93. The van der Waals surface area contributed by atoms with Crippen molar-refractivity contribution in [3.63, 3.8) is 0 Å². The third kappa shape index (κ3) is 1.16. The third-order valence-electron chi connectivity index (χ3n) is 4.09. The molecule has 0 fully saturated rings. The average Bonchev–Trinajstić information content (AvgIpc) is 2.44. The van der Waals surface area contributed by atoms with Crippen LogP contribution in [0.2, 0.25) is 0 Å². The van der Waals surface area contributed by atoms with Crippen LogP contribution in [0.5, 0.6) is 0 Å². The summed E-state index contributed by atoms with van der Waals surface area (Å²) in [5.74, 6) is 0. The first-order chi connectivity index (χ1) is 9.59. The maximum Gasteiger partial charge on any atom is 0.300 e. The van der Waals surface area contributed by atoms with E-state index in [2.05, 4.69) is 6.07 Å². The number of hydrogen-bond acceptors (Lipinski definition) is 2. The summed E-state index contributed by atoms with van der Waals surface area (Å²) >= 11 is 0. The Morgan fingerprint density at radius 2 is 1.75 bits per heavy atom. The number of benzene rings is 3. The zero-order valence-electron chi connectivity index (χ0n) is 11.2. The summed E-state index contributed by atoms with van der Waals surface area (Å²) in [5, 5.41) is 17.0. The second-order valence-corrected chi connectivity index (χ2v) is 5.24. The summed E-state index contributed by atoms with van der Waals surface area (Å²) in [6, 6.07) is 11.8. The van der Waals surface area contributed by atoms with Crippen LogP contribution in [-0.2, 0) is 0 Å². The van der Waals surface area contributed by atoms with Crippen molar-refractivity contribution in [2.24, 2.45) is 0 Å². The number of nitrogens with zero attached hydrogens (tertiary/aromatic N) is 2. The second kappa shape index (κ2) is 3.48. The summed E-state index contributed by atoms with van der Waals surface area (Å²) in [6.45, 7) is 3.67. The molecule has 0 saturated carbocycles. The fourth-order valence-corrected chi connectivity index (χ4v) is 3.23. The highest BCUT2D eigenvalue weighted by atomic mass is 16.5. The van der Waals surface area contributed by atoms with Crippen LogP contribution in [0, 0.1) is 24.0 Å². The first kappa shape index (κ1) is 11.2. The van der Waals surface area contributed by atoms with E-state index in [4.69, 9.17) is 0 Å². The van der Waals surface area contributed by atoms with Gasteiger partial charge in [-0.3, -0.25) is 0 Å². The fourth-order valence-electron chi connectivity index (χ4n) is 3.23. The second-order valence-electron chi connectivity index (χ2n) is 5.24. The van der Waals surface area contributed by atoms with E-state index in [0.717, 1.165) is 32.5 Å². The molecule has 0 atom stereocenters.